The average Bonchev–Trinajstić information content (AvgIpc) is 2.94. The number of halogens is 1. The lowest BCUT2D eigenvalue weighted by Crippen LogP contribution is -2.03. The molecular formula is C17H14ClN3OS. The van der Waals surface area contributed by atoms with Gasteiger partial charge in [0.25, 0.3) is 0 Å². The van der Waals surface area contributed by atoms with Crippen LogP contribution in [0.25, 0.3) is 11.4 Å². The number of thioether (sulfide) groups is 1. The molecule has 1 heterocycles. The summed E-state index contributed by atoms with van der Waals surface area (Å²) in [4.78, 5) is 12.2. The Kier molecular flexibility index (Phi) is 4.79. The summed E-state index contributed by atoms with van der Waals surface area (Å²) in [6, 6.07) is 16.8. The summed E-state index contributed by atoms with van der Waals surface area (Å²) < 4.78 is 1.89. The van der Waals surface area contributed by atoms with E-state index < -0.39 is 0 Å². The maximum Gasteiger partial charge on any atom is 0.191 e. The lowest BCUT2D eigenvalue weighted by molar-refractivity contribution is 0.102. The van der Waals surface area contributed by atoms with Crippen molar-refractivity contribution in [2.75, 3.05) is 5.75 Å². The van der Waals surface area contributed by atoms with E-state index in [1.165, 1.54) is 11.8 Å². The van der Waals surface area contributed by atoms with E-state index in [0.29, 0.717) is 21.5 Å². The first-order valence-corrected chi connectivity index (χ1v) is 8.38. The Morgan fingerprint density at radius 2 is 1.91 bits per heavy atom. The van der Waals surface area contributed by atoms with Crippen LogP contribution in [0.3, 0.4) is 0 Å². The quantitative estimate of drug-likeness (QED) is 0.516. The van der Waals surface area contributed by atoms with Gasteiger partial charge in [0.15, 0.2) is 16.8 Å². The maximum absolute atomic E-state index is 12.2. The van der Waals surface area contributed by atoms with Crippen LogP contribution in [-0.4, -0.2) is 26.3 Å². The number of ketones is 1. The normalized spacial score (nSPS) is 10.7. The second-order valence-electron chi connectivity index (χ2n) is 4.95. The van der Waals surface area contributed by atoms with Crippen LogP contribution in [0.5, 0.6) is 0 Å². The predicted octanol–water partition coefficient (Wildman–Crippen LogP) is 4.11. The Bertz CT molecular complexity index is 833. The lowest BCUT2D eigenvalue weighted by atomic mass is 10.1. The molecule has 0 radical (unpaired) electrons. The number of carbonyl (C=O) groups excluding carboxylic acids is 1. The molecule has 0 N–H and O–H groups in total. The molecule has 0 fully saturated rings. The topological polar surface area (TPSA) is 47.8 Å². The highest BCUT2D eigenvalue weighted by Crippen LogP contribution is 2.23. The standard InChI is InChI=1S/C17H14ClN3OS/c1-21-16(12-6-3-2-4-7-12)19-20-17(21)23-11-15(22)13-8-5-9-14(18)10-13/h2-10H,11H2,1H3. The molecule has 0 aliphatic carbocycles. The highest BCUT2D eigenvalue weighted by atomic mass is 35.5. The number of hydrogen-bond donors (Lipinski definition) is 0. The van der Waals surface area contributed by atoms with Gasteiger partial charge >= 0.3 is 0 Å². The fourth-order valence-electron chi connectivity index (χ4n) is 2.15. The zero-order valence-corrected chi connectivity index (χ0v) is 14.0. The van der Waals surface area contributed by atoms with Crippen LogP contribution >= 0.6 is 23.4 Å². The largest absolute Gasteiger partial charge is 0.305 e. The van der Waals surface area contributed by atoms with E-state index in [2.05, 4.69) is 10.2 Å². The first-order valence-electron chi connectivity index (χ1n) is 7.01. The molecule has 0 saturated carbocycles. The second kappa shape index (κ2) is 6.98. The fraction of sp³-hybridized carbons (Fsp3) is 0.118. The fourth-order valence-corrected chi connectivity index (χ4v) is 3.15. The van der Waals surface area contributed by atoms with Gasteiger partial charge in [-0.2, -0.15) is 0 Å². The van der Waals surface area contributed by atoms with Crippen molar-refractivity contribution in [3.05, 3.63) is 65.2 Å². The highest BCUT2D eigenvalue weighted by Gasteiger charge is 2.13. The third-order valence-corrected chi connectivity index (χ3v) is 4.60. The summed E-state index contributed by atoms with van der Waals surface area (Å²) in [6.45, 7) is 0. The van der Waals surface area contributed by atoms with Crippen LogP contribution in [0, 0.1) is 0 Å². The SMILES string of the molecule is Cn1c(SCC(=O)c2cccc(Cl)c2)nnc1-c1ccccc1. The monoisotopic (exact) mass is 343 g/mol. The third-order valence-electron chi connectivity index (χ3n) is 3.35. The molecule has 0 atom stereocenters. The number of rotatable bonds is 5. The van der Waals surface area contributed by atoms with E-state index in [9.17, 15) is 4.79 Å². The molecule has 23 heavy (non-hydrogen) atoms. The highest BCUT2D eigenvalue weighted by molar-refractivity contribution is 7.99. The second-order valence-corrected chi connectivity index (χ2v) is 6.33. The Morgan fingerprint density at radius 3 is 2.65 bits per heavy atom. The van der Waals surface area contributed by atoms with Crippen molar-refractivity contribution in [1.82, 2.24) is 14.8 Å². The molecule has 0 saturated heterocycles. The van der Waals surface area contributed by atoms with Gasteiger partial charge in [-0.15, -0.1) is 10.2 Å². The molecule has 116 valence electrons. The molecule has 3 rings (SSSR count). The van der Waals surface area contributed by atoms with Crippen molar-refractivity contribution in [1.29, 1.82) is 0 Å². The van der Waals surface area contributed by atoms with Crippen molar-refractivity contribution in [3.8, 4) is 11.4 Å². The Hall–Kier alpha value is -2.11. The molecule has 1 aromatic heterocycles. The Balaban J connectivity index is 1.72. The smallest absolute Gasteiger partial charge is 0.191 e. The molecule has 0 amide bonds. The third kappa shape index (κ3) is 3.63. The maximum atomic E-state index is 12.2. The summed E-state index contributed by atoms with van der Waals surface area (Å²) in [5, 5.41) is 9.65. The predicted molar refractivity (Wildman–Crippen MR) is 92.9 cm³/mol. The minimum absolute atomic E-state index is 0.0155. The van der Waals surface area contributed by atoms with Gasteiger partial charge in [-0.05, 0) is 12.1 Å². The lowest BCUT2D eigenvalue weighted by Gasteiger charge is -2.04. The molecule has 3 aromatic rings. The number of hydrogen-bond acceptors (Lipinski definition) is 4. The molecule has 2 aromatic carbocycles. The summed E-state index contributed by atoms with van der Waals surface area (Å²) >= 11 is 7.29. The molecule has 4 nitrogen and oxygen atoms in total. The van der Waals surface area contributed by atoms with E-state index >= 15 is 0 Å². The van der Waals surface area contributed by atoms with Gasteiger partial charge in [-0.3, -0.25) is 4.79 Å². The zero-order chi connectivity index (χ0) is 16.2. The van der Waals surface area contributed by atoms with Crippen molar-refractivity contribution in [2.24, 2.45) is 7.05 Å². The minimum atomic E-state index is 0.0155. The molecule has 0 spiro atoms. The van der Waals surface area contributed by atoms with E-state index in [0.717, 1.165) is 11.4 Å². The molecule has 0 aliphatic rings. The number of nitrogens with zero attached hydrogens (tertiary/aromatic N) is 3. The van der Waals surface area contributed by atoms with Crippen LogP contribution < -0.4 is 0 Å². The molecule has 0 aliphatic heterocycles. The van der Waals surface area contributed by atoms with Crippen molar-refractivity contribution in [3.63, 3.8) is 0 Å². The number of Topliss-reactive ketones (excluding diaryl/α,β-unsaturated/α-hetero) is 1. The van der Waals surface area contributed by atoms with Gasteiger partial charge in [0, 0.05) is 23.2 Å². The van der Waals surface area contributed by atoms with Gasteiger partial charge in [0.2, 0.25) is 0 Å². The summed E-state index contributed by atoms with van der Waals surface area (Å²) in [6.07, 6.45) is 0. The van der Waals surface area contributed by atoms with E-state index in [1.807, 2.05) is 41.9 Å². The average molecular weight is 344 g/mol. The first-order chi connectivity index (χ1) is 11.1. The summed E-state index contributed by atoms with van der Waals surface area (Å²) in [5.41, 5.74) is 1.60. The van der Waals surface area contributed by atoms with E-state index in [-0.39, 0.29) is 5.78 Å². The van der Waals surface area contributed by atoms with Gasteiger partial charge in [-0.1, -0.05) is 65.8 Å². The number of benzene rings is 2. The summed E-state index contributed by atoms with van der Waals surface area (Å²) in [7, 11) is 1.90. The van der Waals surface area contributed by atoms with Crippen molar-refractivity contribution >= 4 is 29.1 Å². The van der Waals surface area contributed by atoms with Gasteiger partial charge in [-0.25, -0.2) is 0 Å². The van der Waals surface area contributed by atoms with Crippen LogP contribution in [-0.2, 0) is 7.05 Å². The van der Waals surface area contributed by atoms with Crippen molar-refractivity contribution < 1.29 is 4.79 Å². The minimum Gasteiger partial charge on any atom is -0.305 e. The first kappa shape index (κ1) is 15.8. The van der Waals surface area contributed by atoms with Crippen LogP contribution in [0.1, 0.15) is 10.4 Å². The Labute approximate surface area is 143 Å². The number of carbonyl (C=O) groups is 1. The molecule has 0 bridgehead atoms. The van der Waals surface area contributed by atoms with E-state index in [1.54, 1.807) is 24.3 Å². The number of aromatic nitrogens is 3. The van der Waals surface area contributed by atoms with Crippen LogP contribution in [0.15, 0.2) is 59.8 Å². The van der Waals surface area contributed by atoms with Crippen LogP contribution in [0.4, 0.5) is 0 Å². The van der Waals surface area contributed by atoms with E-state index in [4.69, 9.17) is 11.6 Å². The molecule has 6 heteroatoms. The Morgan fingerprint density at radius 1 is 1.13 bits per heavy atom. The molecule has 0 unspecified atom stereocenters. The van der Waals surface area contributed by atoms with Crippen molar-refractivity contribution in [2.45, 2.75) is 5.16 Å². The van der Waals surface area contributed by atoms with Gasteiger partial charge in [0.05, 0.1) is 5.75 Å². The van der Waals surface area contributed by atoms with Crippen LogP contribution in [0.2, 0.25) is 5.02 Å². The van der Waals surface area contributed by atoms with Gasteiger partial charge < -0.3 is 4.57 Å². The zero-order valence-electron chi connectivity index (χ0n) is 12.4. The molecular weight excluding hydrogens is 330 g/mol. The summed E-state index contributed by atoms with van der Waals surface area (Å²) in [5.74, 6) is 1.09. The van der Waals surface area contributed by atoms with Gasteiger partial charge in [0.1, 0.15) is 0 Å².